The van der Waals surface area contributed by atoms with Crippen molar-refractivity contribution in [3.05, 3.63) is 101 Å². The molecule has 1 N–H and O–H groups in total. The van der Waals surface area contributed by atoms with Crippen molar-refractivity contribution in [2.45, 2.75) is 52.6 Å². The molecule has 5 heteroatoms. The van der Waals surface area contributed by atoms with Crippen LogP contribution in [0.4, 0.5) is 0 Å². The number of methoxy groups -OCH3 is 1. The van der Waals surface area contributed by atoms with Crippen LogP contribution in [0, 0.1) is 12.8 Å². The molecule has 0 heterocycles. The number of ether oxygens (including phenoxy) is 1. The Bertz CT molecular complexity index is 1110. The number of carbonyl (C=O) groups excluding carboxylic acids is 2. The lowest BCUT2D eigenvalue weighted by Crippen LogP contribution is -2.51. The van der Waals surface area contributed by atoms with Crippen LogP contribution in [0.2, 0.25) is 0 Å². The van der Waals surface area contributed by atoms with Gasteiger partial charge >= 0.3 is 0 Å². The van der Waals surface area contributed by atoms with E-state index >= 15 is 0 Å². The van der Waals surface area contributed by atoms with E-state index in [1.807, 2.05) is 54.6 Å². The molecule has 0 aliphatic carbocycles. The normalized spacial score (nSPS) is 11.7. The van der Waals surface area contributed by atoms with E-state index in [1.165, 1.54) is 5.56 Å². The van der Waals surface area contributed by atoms with Gasteiger partial charge in [0.1, 0.15) is 11.8 Å². The summed E-state index contributed by atoms with van der Waals surface area (Å²) in [4.78, 5) is 29.0. The Hall–Kier alpha value is -3.60. The number of nitrogens with one attached hydrogen (secondary N) is 1. The van der Waals surface area contributed by atoms with Crippen LogP contribution in [0.3, 0.4) is 0 Å². The predicted octanol–water partition coefficient (Wildman–Crippen LogP) is 5.35. The van der Waals surface area contributed by atoms with Crippen LogP contribution in [-0.4, -0.2) is 36.4 Å². The lowest BCUT2D eigenvalue weighted by atomic mass is 10.0. The number of benzene rings is 3. The molecule has 0 aromatic heterocycles. The van der Waals surface area contributed by atoms with Crippen LogP contribution in [0.25, 0.3) is 0 Å². The molecule has 0 bridgehead atoms. The highest BCUT2D eigenvalue weighted by molar-refractivity contribution is 5.88. The number of amides is 2. The molecule has 1 atom stereocenters. The topological polar surface area (TPSA) is 58.6 Å². The molecule has 0 aliphatic rings. The third kappa shape index (κ3) is 8.26. The van der Waals surface area contributed by atoms with Gasteiger partial charge in [-0.3, -0.25) is 9.59 Å². The minimum atomic E-state index is -0.622. The van der Waals surface area contributed by atoms with E-state index in [2.05, 4.69) is 50.4 Å². The molecular weight excluding hydrogens is 448 g/mol. The smallest absolute Gasteiger partial charge is 0.243 e. The summed E-state index contributed by atoms with van der Waals surface area (Å²) in [5, 5.41) is 3.07. The Balaban J connectivity index is 1.90. The Morgan fingerprint density at radius 3 is 2.25 bits per heavy atom. The number of carbonyl (C=O) groups is 2. The number of hydrogen-bond donors (Lipinski definition) is 1. The molecule has 36 heavy (non-hydrogen) atoms. The summed E-state index contributed by atoms with van der Waals surface area (Å²) in [7, 11) is 1.63. The van der Waals surface area contributed by atoms with Crippen molar-refractivity contribution in [2.24, 2.45) is 5.92 Å². The van der Waals surface area contributed by atoms with Crippen LogP contribution >= 0.6 is 0 Å². The zero-order valence-corrected chi connectivity index (χ0v) is 21.9. The fraction of sp³-hybridized carbons (Fsp3) is 0.355. The summed E-state index contributed by atoms with van der Waals surface area (Å²) in [6.45, 7) is 7.07. The standard InChI is InChI=1S/C31H38N2O3/c1-23(2)21-32-31(35)29(20-26-9-6-5-7-10-26)33(22-27-11-8-12-28(19-27)36-4)30(34)18-17-25-15-13-24(3)14-16-25/h5-16,19,23,29H,17-18,20-22H2,1-4H3,(H,32,35)/t29-/m1/s1. The van der Waals surface area contributed by atoms with Gasteiger partial charge in [-0.2, -0.15) is 0 Å². The molecule has 190 valence electrons. The summed E-state index contributed by atoms with van der Waals surface area (Å²) in [5.74, 6) is 0.872. The highest BCUT2D eigenvalue weighted by Crippen LogP contribution is 2.20. The predicted molar refractivity (Wildman–Crippen MR) is 145 cm³/mol. The van der Waals surface area contributed by atoms with Crippen molar-refractivity contribution in [1.82, 2.24) is 10.2 Å². The van der Waals surface area contributed by atoms with E-state index in [-0.39, 0.29) is 11.8 Å². The zero-order valence-electron chi connectivity index (χ0n) is 21.9. The first-order chi connectivity index (χ1) is 17.4. The van der Waals surface area contributed by atoms with Crippen molar-refractivity contribution in [2.75, 3.05) is 13.7 Å². The average molecular weight is 487 g/mol. The van der Waals surface area contributed by atoms with Crippen LogP contribution in [0.5, 0.6) is 5.75 Å². The third-order valence-corrected chi connectivity index (χ3v) is 6.19. The average Bonchev–Trinajstić information content (AvgIpc) is 2.89. The van der Waals surface area contributed by atoms with Crippen molar-refractivity contribution < 1.29 is 14.3 Å². The Morgan fingerprint density at radius 1 is 0.889 bits per heavy atom. The van der Waals surface area contributed by atoms with E-state index in [1.54, 1.807) is 12.0 Å². The monoisotopic (exact) mass is 486 g/mol. The molecule has 0 saturated carbocycles. The van der Waals surface area contributed by atoms with E-state index < -0.39 is 6.04 Å². The molecule has 0 unspecified atom stereocenters. The molecule has 0 fully saturated rings. The van der Waals surface area contributed by atoms with Crippen LogP contribution in [-0.2, 0) is 29.0 Å². The summed E-state index contributed by atoms with van der Waals surface area (Å²) in [6, 6.07) is 25.2. The molecule has 3 aromatic rings. The lowest BCUT2D eigenvalue weighted by Gasteiger charge is -2.32. The summed E-state index contributed by atoms with van der Waals surface area (Å²) < 4.78 is 5.40. The molecule has 0 radical (unpaired) electrons. The van der Waals surface area contributed by atoms with Gasteiger partial charge in [-0.15, -0.1) is 0 Å². The molecule has 0 aliphatic heterocycles. The van der Waals surface area contributed by atoms with Gasteiger partial charge in [-0.05, 0) is 48.1 Å². The van der Waals surface area contributed by atoms with Crippen molar-refractivity contribution >= 4 is 11.8 Å². The van der Waals surface area contributed by atoms with E-state index in [4.69, 9.17) is 4.74 Å². The van der Waals surface area contributed by atoms with Gasteiger partial charge in [0.2, 0.25) is 11.8 Å². The van der Waals surface area contributed by atoms with Gasteiger partial charge in [0, 0.05) is 25.9 Å². The highest BCUT2D eigenvalue weighted by Gasteiger charge is 2.30. The maximum Gasteiger partial charge on any atom is 0.243 e. The number of hydrogen-bond acceptors (Lipinski definition) is 3. The third-order valence-electron chi connectivity index (χ3n) is 6.19. The second-order valence-electron chi connectivity index (χ2n) is 9.70. The Kier molecular flexibility index (Phi) is 10.1. The second-order valence-corrected chi connectivity index (χ2v) is 9.70. The van der Waals surface area contributed by atoms with Crippen LogP contribution in [0.1, 0.15) is 42.5 Å². The molecule has 0 saturated heterocycles. The highest BCUT2D eigenvalue weighted by atomic mass is 16.5. The first-order valence-corrected chi connectivity index (χ1v) is 12.6. The summed E-state index contributed by atoms with van der Waals surface area (Å²) in [6.07, 6.45) is 1.40. The van der Waals surface area contributed by atoms with Crippen molar-refractivity contribution in [1.29, 1.82) is 0 Å². The molecular formula is C31H38N2O3. The second kappa shape index (κ2) is 13.5. The fourth-order valence-electron chi connectivity index (χ4n) is 4.09. The van der Waals surface area contributed by atoms with E-state index in [9.17, 15) is 9.59 Å². The minimum Gasteiger partial charge on any atom is -0.497 e. The van der Waals surface area contributed by atoms with Gasteiger partial charge < -0.3 is 15.0 Å². The largest absolute Gasteiger partial charge is 0.497 e. The maximum absolute atomic E-state index is 13.7. The molecule has 5 nitrogen and oxygen atoms in total. The number of rotatable bonds is 12. The Labute approximate surface area is 215 Å². The van der Waals surface area contributed by atoms with Gasteiger partial charge in [0.25, 0.3) is 0 Å². The maximum atomic E-state index is 13.7. The quantitative estimate of drug-likeness (QED) is 0.376. The number of aryl methyl sites for hydroxylation is 2. The summed E-state index contributed by atoms with van der Waals surface area (Å²) in [5.41, 5.74) is 4.24. The minimum absolute atomic E-state index is 0.0426. The fourth-order valence-corrected chi connectivity index (χ4v) is 4.09. The van der Waals surface area contributed by atoms with Gasteiger partial charge in [0.05, 0.1) is 7.11 Å². The Morgan fingerprint density at radius 2 is 1.58 bits per heavy atom. The SMILES string of the molecule is COc1cccc(CN(C(=O)CCc2ccc(C)cc2)[C@H](Cc2ccccc2)C(=O)NCC(C)C)c1. The van der Waals surface area contributed by atoms with E-state index in [0.717, 1.165) is 22.4 Å². The van der Waals surface area contributed by atoms with Crippen molar-refractivity contribution in [3.63, 3.8) is 0 Å². The van der Waals surface area contributed by atoms with Crippen molar-refractivity contribution in [3.8, 4) is 5.75 Å². The summed E-state index contributed by atoms with van der Waals surface area (Å²) >= 11 is 0. The molecule has 3 rings (SSSR count). The molecule has 0 spiro atoms. The molecule has 2 amide bonds. The van der Waals surface area contributed by atoms with Crippen LogP contribution < -0.4 is 10.1 Å². The van der Waals surface area contributed by atoms with Gasteiger partial charge in [-0.25, -0.2) is 0 Å². The van der Waals surface area contributed by atoms with E-state index in [0.29, 0.717) is 38.3 Å². The zero-order chi connectivity index (χ0) is 25.9. The lowest BCUT2D eigenvalue weighted by molar-refractivity contribution is -0.141. The number of nitrogens with zero attached hydrogens (tertiary/aromatic N) is 1. The van der Waals surface area contributed by atoms with Gasteiger partial charge in [0.15, 0.2) is 0 Å². The first-order valence-electron chi connectivity index (χ1n) is 12.6. The molecule has 3 aromatic carbocycles. The van der Waals surface area contributed by atoms with Crippen LogP contribution in [0.15, 0.2) is 78.9 Å². The van der Waals surface area contributed by atoms with Gasteiger partial charge in [-0.1, -0.05) is 86.1 Å². The first kappa shape index (κ1) is 27.0.